The zero-order chi connectivity index (χ0) is 43.9. The van der Waals surface area contributed by atoms with E-state index in [4.69, 9.17) is 17.2 Å². The van der Waals surface area contributed by atoms with Gasteiger partial charge in [-0.25, -0.2) is 4.79 Å². The first-order chi connectivity index (χ1) is 27.3. The Bertz CT molecular complexity index is 1520. The van der Waals surface area contributed by atoms with Gasteiger partial charge in [0, 0.05) is 0 Å². The Morgan fingerprint density at radius 1 is 0.707 bits per heavy atom. The minimum absolute atomic E-state index is 0.0422. The third kappa shape index (κ3) is 19.1. The number of thioether (sulfide) groups is 1. The number of aliphatic hydroxyl groups is 2. The molecule has 0 fully saturated rings. The molecule has 21 heteroatoms. The van der Waals surface area contributed by atoms with Crippen molar-refractivity contribution in [1.82, 2.24) is 31.9 Å². The van der Waals surface area contributed by atoms with Crippen LogP contribution in [-0.4, -0.2) is 136 Å². The SMILES string of the molecule is CSCC[C@H](NC(=O)[C@H](CO)NC(=O)[C@H](CC(N)=O)NC(=O)[C@@H](N)Cc1ccccc1)C(=O)N[C@@H](CC(C)C)C(=O)N[C@@H](CCCCN)C(=O)N[C@H](C(=O)O)[C@@H](C)O. The lowest BCUT2D eigenvalue weighted by Gasteiger charge is -2.28. The molecule has 1 rings (SSSR count). The van der Waals surface area contributed by atoms with Crippen molar-refractivity contribution in [2.45, 2.75) is 114 Å². The van der Waals surface area contributed by atoms with Crippen LogP contribution in [0.4, 0.5) is 0 Å². The molecule has 0 radical (unpaired) electrons. The Kier molecular flexibility index (Phi) is 23.8. The van der Waals surface area contributed by atoms with Crippen LogP contribution in [0, 0.1) is 5.92 Å². The van der Waals surface area contributed by atoms with Gasteiger partial charge < -0.3 is 64.4 Å². The molecule has 0 bridgehead atoms. The quantitative estimate of drug-likeness (QED) is 0.0369. The molecule has 0 spiro atoms. The first-order valence-corrected chi connectivity index (χ1v) is 20.3. The van der Waals surface area contributed by atoms with Crippen LogP contribution in [0.15, 0.2) is 30.3 Å². The summed E-state index contributed by atoms with van der Waals surface area (Å²) in [6.45, 7) is 4.08. The lowest BCUT2D eigenvalue weighted by atomic mass is 10.0. The highest BCUT2D eigenvalue weighted by atomic mass is 32.2. The van der Waals surface area contributed by atoms with Crippen LogP contribution in [0.2, 0.25) is 0 Å². The minimum atomic E-state index is -1.67. The number of primary amides is 1. The van der Waals surface area contributed by atoms with Gasteiger partial charge in [0.2, 0.25) is 41.4 Å². The highest BCUT2D eigenvalue weighted by Gasteiger charge is 2.34. The Balaban J connectivity index is 3.19. The molecule has 0 unspecified atom stereocenters. The molecular formula is C37H61N9O11S. The number of carbonyl (C=O) groups excluding carboxylic acids is 7. The molecule has 0 aromatic heterocycles. The van der Waals surface area contributed by atoms with Gasteiger partial charge in [-0.1, -0.05) is 44.2 Å². The van der Waals surface area contributed by atoms with Gasteiger partial charge in [-0.2, -0.15) is 11.8 Å². The van der Waals surface area contributed by atoms with Gasteiger partial charge in [0.15, 0.2) is 6.04 Å². The van der Waals surface area contributed by atoms with Crippen molar-refractivity contribution < 1.29 is 53.7 Å². The number of aliphatic carboxylic acids is 1. The van der Waals surface area contributed by atoms with E-state index in [1.807, 2.05) is 0 Å². The summed E-state index contributed by atoms with van der Waals surface area (Å²) in [4.78, 5) is 104. The number of carbonyl (C=O) groups is 8. The molecule has 0 aliphatic carbocycles. The number of aliphatic hydroxyl groups excluding tert-OH is 2. The zero-order valence-electron chi connectivity index (χ0n) is 33.4. The molecule has 1 aromatic rings. The van der Waals surface area contributed by atoms with Crippen LogP contribution in [-0.2, 0) is 44.8 Å². The molecule has 0 saturated heterocycles. The van der Waals surface area contributed by atoms with Crippen molar-refractivity contribution in [1.29, 1.82) is 0 Å². The minimum Gasteiger partial charge on any atom is -0.480 e. The summed E-state index contributed by atoms with van der Waals surface area (Å²) in [7, 11) is 0. The maximum atomic E-state index is 13.7. The third-order valence-electron chi connectivity index (χ3n) is 8.70. The Hall–Kier alpha value is -4.83. The second-order valence-electron chi connectivity index (χ2n) is 14.2. The highest BCUT2D eigenvalue weighted by Crippen LogP contribution is 2.11. The molecule has 0 aliphatic rings. The molecule has 8 atom stereocenters. The lowest BCUT2D eigenvalue weighted by molar-refractivity contribution is -0.145. The average Bonchev–Trinajstić information content (AvgIpc) is 3.15. The molecule has 1 aromatic carbocycles. The first kappa shape index (κ1) is 51.2. The van der Waals surface area contributed by atoms with E-state index < -0.39 is 109 Å². The molecule has 326 valence electrons. The van der Waals surface area contributed by atoms with Crippen LogP contribution >= 0.6 is 11.8 Å². The summed E-state index contributed by atoms with van der Waals surface area (Å²) in [5.41, 5.74) is 17.7. The molecule has 58 heavy (non-hydrogen) atoms. The standard InChI is InChI=1S/C37H61N9O11S/c1-20(2)16-26(34(53)41-24(12-8-9-14-38)33(52)46-30(21(3)48)37(56)57)44-32(51)25(13-15-58-4)42-36(55)28(19-47)45-35(54)27(18-29(40)49)43-31(50)23(39)17-22-10-6-5-7-11-22/h5-7,10-11,20-21,23-28,30,47-48H,8-9,12-19,38-39H2,1-4H3,(H2,40,49)(H,41,53)(H,42,55)(H,43,50)(H,44,51)(H,45,54)(H,46,52)(H,56,57)/t21-,23+,24+,25+,26+,27+,28+,30+/m1/s1. The molecule has 0 heterocycles. The van der Waals surface area contributed by atoms with E-state index in [2.05, 4.69) is 31.9 Å². The number of carboxylic acids is 1. The Morgan fingerprint density at radius 3 is 1.72 bits per heavy atom. The van der Waals surface area contributed by atoms with Crippen molar-refractivity contribution in [3.8, 4) is 0 Å². The number of hydrogen-bond donors (Lipinski definition) is 12. The zero-order valence-corrected chi connectivity index (χ0v) is 34.2. The maximum absolute atomic E-state index is 13.7. The van der Waals surface area contributed by atoms with Gasteiger partial charge in [-0.3, -0.25) is 33.6 Å². The van der Waals surface area contributed by atoms with E-state index >= 15 is 0 Å². The predicted molar refractivity (Wildman–Crippen MR) is 215 cm³/mol. The van der Waals surface area contributed by atoms with Crippen molar-refractivity contribution in [3.05, 3.63) is 35.9 Å². The van der Waals surface area contributed by atoms with E-state index in [0.29, 0.717) is 18.6 Å². The number of nitrogens with two attached hydrogens (primary N) is 3. The van der Waals surface area contributed by atoms with Gasteiger partial charge in [0.1, 0.15) is 30.2 Å². The summed E-state index contributed by atoms with van der Waals surface area (Å²) >= 11 is 1.35. The lowest BCUT2D eigenvalue weighted by Crippen LogP contribution is -2.61. The van der Waals surface area contributed by atoms with Gasteiger partial charge in [-0.05, 0) is 75.5 Å². The third-order valence-corrected chi connectivity index (χ3v) is 9.34. The van der Waals surface area contributed by atoms with Crippen molar-refractivity contribution in [2.75, 3.05) is 25.2 Å². The number of amides is 7. The highest BCUT2D eigenvalue weighted by molar-refractivity contribution is 7.98. The Morgan fingerprint density at radius 2 is 1.21 bits per heavy atom. The van der Waals surface area contributed by atoms with Crippen LogP contribution < -0.4 is 49.1 Å². The predicted octanol–water partition coefficient (Wildman–Crippen LogP) is -3.27. The van der Waals surface area contributed by atoms with E-state index in [9.17, 15) is 53.7 Å². The van der Waals surface area contributed by atoms with E-state index in [-0.39, 0.29) is 38.1 Å². The van der Waals surface area contributed by atoms with Gasteiger partial charge in [0.05, 0.1) is 25.2 Å². The summed E-state index contributed by atoms with van der Waals surface area (Å²) in [6, 6.07) is -0.991. The monoisotopic (exact) mass is 839 g/mol. The fourth-order valence-electron chi connectivity index (χ4n) is 5.54. The largest absolute Gasteiger partial charge is 0.480 e. The normalized spacial score (nSPS) is 15.3. The second-order valence-corrected chi connectivity index (χ2v) is 15.2. The molecule has 0 saturated carbocycles. The number of unbranched alkanes of at least 4 members (excludes halogenated alkanes) is 1. The van der Waals surface area contributed by atoms with Gasteiger partial charge in [-0.15, -0.1) is 0 Å². The summed E-state index contributed by atoms with van der Waals surface area (Å²) in [5, 5.41) is 43.9. The van der Waals surface area contributed by atoms with E-state index in [1.165, 1.54) is 18.7 Å². The van der Waals surface area contributed by atoms with Gasteiger partial charge in [0.25, 0.3) is 0 Å². The summed E-state index contributed by atoms with van der Waals surface area (Å²) in [6.07, 6.45) is 0.808. The molecular weight excluding hydrogens is 779 g/mol. The van der Waals surface area contributed by atoms with Crippen molar-refractivity contribution in [3.63, 3.8) is 0 Å². The van der Waals surface area contributed by atoms with Crippen molar-refractivity contribution in [2.24, 2.45) is 23.1 Å². The fraction of sp³-hybridized carbons (Fsp3) is 0.622. The van der Waals surface area contributed by atoms with E-state index in [1.54, 1.807) is 50.4 Å². The second kappa shape index (κ2) is 27.0. The molecule has 0 aliphatic heterocycles. The number of rotatable bonds is 28. The topological polar surface area (TPSA) is 347 Å². The number of nitrogens with one attached hydrogen (secondary N) is 6. The number of benzene rings is 1. The van der Waals surface area contributed by atoms with Crippen molar-refractivity contribution >= 4 is 59.1 Å². The van der Waals surface area contributed by atoms with Crippen LogP contribution in [0.1, 0.15) is 64.9 Å². The van der Waals surface area contributed by atoms with Crippen LogP contribution in [0.25, 0.3) is 0 Å². The summed E-state index contributed by atoms with van der Waals surface area (Å²) in [5.74, 6) is -7.54. The average molecular weight is 840 g/mol. The number of carboxylic acid groups (broad SMARTS) is 1. The van der Waals surface area contributed by atoms with Crippen LogP contribution in [0.3, 0.4) is 0 Å². The van der Waals surface area contributed by atoms with Gasteiger partial charge >= 0.3 is 5.97 Å². The molecule has 20 nitrogen and oxygen atoms in total. The Labute approximate surface area is 342 Å². The van der Waals surface area contributed by atoms with E-state index in [0.717, 1.165) is 5.56 Å². The first-order valence-electron chi connectivity index (χ1n) is 19.0. The smallest absolute Gasteiger partial charge is 0.328 e. The number of hydrogen-bond acceptors (Lipinski definition) is 13. The van der Waals surface area contributed by atoms with Crippen LogP contribution in [0.5, 0.6) is 0 Å². The fourth-order valence-corrected chi connectivity index (χ4v) is 6.02. The summed E-state index contributed by atoms with van der Waals surface area (Å²) < 4.78 is 0. The maximum Gasteiger partial charge on any atom is 0.328 e. The molecule has 7 amide bonds. The molecule has 15 N–H and O–H groups in total.